The van der Waals surface area contributed by atoms with Crippen molar-refractivity contribution in [1.29, 1.82) is 0 Å². The first kappa shape index (κ1) is 13.3. The van der Waals surface area contributed by atoms with Crippen LogP contribution in [0.15, 0.2) is 48.7 Å². The monoisotopic (exact) mass is 290 g/mol. The Hall–Kier alpha value is -2.42. The maximum absolute atomic E-state index is 13.0. The summed E-state index contributed by atoms with van der Waals surface area (Å²) in [5.74, 6) is 1.16. The van der Waals surface area contributed by atoms with Crippen LogP contribution in [0.4, 0.5) is 0 Å². The lowest BCUT2D eigenvalue weighted by molar-refractivity contribution is 0.0838. The normalized spacial score (nSPS) is 20.5. The number of nitrogens with zero attached hydrogens (tertiary/aromatic N) is 2. The Labute approximate surface area is 129 Å². The molecule has 0 saturated carbocycles. The lowest BCUT2D eigenvalue weighted by Gasteiger charge is -2.20. The number of ketones is 1. The Kier molecular flexibility index (Phi) is 2.73. The summed E-state index contributed by atoms with van der Waals surface area (Å²) >= 11 is 0. The van der Waals surface area contributed by atoms with Gasteiger partial charge in [-0.3, -0.25) is 9.36 Å². The van der Waals surface area contributed by atoms with Crippen LogP contribution in [-0.4, -0.2) is 15.3 Å². The van der Waals surface area contributed by atoms with Crippen molar-refractivity contribution in [1.82, 2.24) is 9.55 Å². The molecule has 0 fully saturated rings. The van der Waals surface area contributed by atoms with Gasteiger partial charge in [-0.15, -0.1) is 0 Å². The number of carbonyl (C=O) groups is 1. The van der Waals surface area contributed by atoms with Gasteiger partial charge in [0, 0.05) is 34.7 Å². The van der Waals surface area contributed by atoms with E-state index in [1.807, 2.05) is 36.4 Å². The zero-order valence-corrected chi connectivity index (χ0v) is 12.8. The minimum absolute atomic E-state index is 0.274. The smallest absolute Gasteiger partial charge is 0.171 e. The zero-order chi connectivity index (χ0) is 15.3. The number of Topliss-reactive ketones (excluding diaryl/α,β-unsaturated/α-hetero) is 1. The highest BCUT2D eigenvalue weighted by Gasteiger charge is 2.44. The first-order valence-electron chi connectivity index (χ1n) is 7.74. The van der Waals surface area contributed by atoms with Crippen LogP contribution in [-0.2, 0) is 6.42 Å². The SMILES string of the molecule is CCC1(C)Cc2c(c3ccccc3n2-c2ccccn2)C1=O. The zero-order valence-electron chi connectivity index (χ0n) is 12.8. The van der Waals surface area contributed by atoms with E-state index in [0.717, 1.165) is 40.8 Å². The molecule has 0 N–H and O–H groups in total. The summed E-state index contributed by atoms with van der Waals surface area (Å²) in [6.45, 7) is 4.17. The number of benzene rings is 1. The molecule has 3 heteroatoms. The molecule has 2 heterocycles. The van der Waals surface area contributed by atoms with Gasteiger partial charge in [-0.1, -0.05) is 38.1 Å². The number of pyridine rings is 1. The van der Waals surface area contributed by atoms with Gasteiger partial charge in [0.2, 0.25) is 0 Å². The van der Waals surface area contributed by atoms with Crippen molar-refractivity contribution in [2.45, 2.75) is 26.7 Å². The summed E-state index contributed by atoms with van der Waals surface area (Å²) in [6, 6.07) is 14.0. The van der Waals surface area contributed by atoms with E-state index < -0.39 is 0 Å². The van der Waals surface area contributed by atoms with Crippen molar-refractivity contribution in [3.63, 3.8) is 0 Å². The quantitative estimate of drug-likeness (QED) is 0.709. The average molecular weight is 290 g/mol. The van der Waals surface area contributed by atoms with Crippen LogP contribution in [0, 0.1) is 5.41 Å². The Morgan fingerprint density at radius 3 is 2.68 bits per heavy atom. The van der Waals surface area contributed by atoms with Gasteiger partial charge in [-0.05, 0) is 24.6 Å². The highest BCUT2D eigenvalue weighted by Crippen LogP contribution is 2.44. The number of aromatic nitrogens is 2. The molecule has 0 aliphatic heterocycles. The van der Waals surface area contributed by atoms with Crippen LogP contribution in [0.25, 0.3) is 16.7 Å². The third kappa shape index (κ3) is 1.62. The number of carbonyl (C=O) groups excluding carboxylic acids is 1. The van der Waals surface area contributed by atoms with Gasteiger partial charge < -0.3 is 0 Å². The Morgan fingerprint density at radius 2 is 1.95 bits per heavy atom. The Bertz CT molecular complexity index is 879. The molecule has 3 nitrogen and oxygen atoms in total. The van der Waals surface area contributed by atoms with Crippen LogP contribution in [0.2, 0.25) is 0 Å². The second-order valence-corrected chi connectivity index (χ2v) is 6.28. The summed E-state index contributed by atoms with van der Waals surface area (Å²) in [5.41, 5.74) is 2.78. The molecule has 0 radical (unpaired) electrons. The average Bonchev–Trinajstić information content (AvgIpc) is 3.01. The molecule has 0 spiro atoms. The number of para-hydroxylation sites is 1. The van der Waals surface area contributed by atoms with Gasteiger partial charge in [0.25, 0.3) is 0 Å². The van der Waals surface area contributed by atoms with Crippen LogP contribution in [0.1, 0.15) is 36.3 Å². The van der Waals surface area contributed by atoms with Gasteiger partial charge in [0.1, 0.15) is 5.82 Å². The number of rotatable bonds is 2. The lowest BCUT2D eigenvalue weighted by Crippen LogP contribution is -2.23. The summed E-state index contributed by atoms with van der Waals surface area (Å²) in [4.78, 5) is 17.5. The third-order valence-corrected chi connectivity index (χ3v) is 4.96. The predicted octanol–water partition coefficient (Wildman–Crippen LogP) is 4.18. The second-order valence-electron chi connectivity index (χ2n) is 6.28. The molecule has 0 saturated heterocycles. The molecule has 0 amide bonds. The van der Waals surface area contributed by atoms with Crippen molar-refractivity contribution in [2.75, 3.05) is 0 Å². The molecule has 1 aliphatic carbocycles. The first-order valence-corrected chi connectivity index (χ1v) is 7.74. The van der Waals surface area contributed by atoms with E-state index in [9.17, 15) is 4.79 Å². The molecular formula is C19H18N2O. The summed E-state index contributed by atoms with van der Waals surface area (Å²) in [7, 11) is 0. The fraction of sp³-hybridized carbons (Fsp3) is 0.263. The fourth-order valence-electron chi connectivity index (χ4n) is 3.50. The van der Waals surface area contributed by atoms with E-state index in [4.69, 9.17) is 0 Å². The van der Waals surface area contributed by atoms with E-state index in [-0.39, 0.29) is 11.2 Å². The van der Waals surface area contributed by atoms with E-state index in [0.29, 0.717) is 0 Å². The summed E-state index contributed by atoms with van der Waals surface area (Å²) in [6.07, 6.45) is 3.44. The first-order chi connectivity index (χ1) is 10.7. The second kappa shape index (κ2) is 4.54. The van der Waals surface area contributed by atoms with Crippen molar-refractivity contribution in [3.05, 3.63) is 59.9 Å². The van der Waals surface area contributed by atoms with Crippen molar-refractivity contribution >= 4 is 16.7 Å². The Morgan fingerprint density at radius 1 is 1.18 bits per heavy atom. The highest BCUT2D eigenvalue weighted by molar-refractivity contribution is 6.14. The van der Waals surface area contributed by atoms with Crippen LogP contribution in [0.5, 0.6) is 0 Å². The molecule has 3 aromatic rings. The molecule has 2 aromatic heterocycles. The van der Waals surface area contributed by atoms with Crippen LogP contribution < -0.4 is 0 Å². The van der Waals surface area contributed by atoms with Gasteiger partial charge >= 0.3 is 0 Å². The molecule has 4 rings (SSSR count). The molecule has 22 heavy (non-hydrogen) atoms. The number of fused-ring (bicyclic) bond motifs is 3. The van der Waals surface area contributed by atoms with Crippen molar-refractivity contribution < 1.29 is 4.79 Å². The van der Waals surface area contributed by atoms with Crippen LogP contribution >= 0.6 is 0 Å². The minimum Gasteiger partial charge on any atom is -0.297 e. The molecule has 1 atom stereocenters. The van der Waals surface area contributed by atoms with E-state index in [1.165, 1.54) is 0 Å². The summed E-state index contributed by atoms with van der Waals surface area (Å²) in [5, 5.41) is 1.05. The topological polar surface area (TPSA) is 34.9 Å². The largest absolute Gasteiger partial charge is 0.297 e. The predicted molar refractivity (Wildman–Crippen MR) is 87.5 cm³/mol. The molecule has 0 bridgehead atoms. The van der Waals surface area contributed by atoms with Gasteiger partial charge in [-0.2, -0.15) is 0 Å². The summed E-state index contributed by atoms with van der Waals surface area (Å²) < 4.78 is 2.16. The number of hydrogen-bond acceptors (Lipinski definition) is 2. The maximum atomic E-state index is 13.0. The van der Waals surface area contributed by atoms with Gasteiger partial charge in [0.05, 0.1) is 5.52 Å². The molecule has 1 unspecified atom stereocenters. The van der Waals surface area contributed by atoms with E-state index in [1.54, 1.807) is 6.20 Å². The minimum atomic E-state index is -0.286. The molecule has 110 valence electrons. The van der Waals surface area contributed by atoms with E-state index >= 15 is 0 Å². The third-order valence-electron chi connectivity index (χ3n) is 4.96. The fourth-order valence-corrected chi connectivity index (χ4v) is 3.50. The molecular weight excluding hydrogens is 272 g/mol. The standard InChI is InChI=1S/C19H18N2O/c1-3-19(2)12-15-17(18(19)22)13-8-4-5-9-14(13)21(15)16-10-6-7-11-20-16/h4-11H,3,12H2,1-2H3. The van der Waals surface area contributed by atoms with Gasteiger partial charge in [-0.25, -0.2) is 4.98 Å². The van der Waals surface area contributed by atoms with Crippen LogP contribution in [0.3, 0.4) is 0 Å². The maximum Gasteiger partial charge on any atom is 0.171 e. The molecule has 1 aliphatic rings. The van der Waals surface area contributed by atoms with E-state index in [2.05, 4.69) is 29.5 Å². The van der Waals surface area contributed by atoms with Gasteiger partial charge in [0.15, 0.2) is 5.78 Å². The molecule has 1 aromatic carbocycles. The van der Waals surface area contributed by atoms with Crippen molar-refractivity contribution in [3.8, 4) is 5.82 Å². The highest BCUT2D eigenvalue weighted by atomic mass is 16.1. The number of hydrogen-bond donors (Lipinski definition) is 0. The lowest BCUT2D eigenvalue weighted by atomic mass is 9.83. The Balaban J connectivity index is 2.08. The van der Waals surface area contributed by atoms with Crippen molar-refractivity contribution in [2.24, 2.45) is 5.41 Å².